The van der Waals surface area contributed by atoms with E-state index in [4.69, 9.17) is 4.74 Å². The van der Waals surface area contributed by atoms with Gasteiger partial charge in [-0.1, -0.05) is 50.3 Å². The summed E-state index contributed by atoms with van der Waals surface area (Å²) >= 11 is 0. The van der Waals surface area contributed by atoms with Crippen LogP contribution in [0.5, 0.6) is 0 Å². The maximum atomic E-state index is 5.52. The molecule has 0 amide bonds. The van der Waals surface area contributed by atoms with Crippen LogP contribution in [0.25, 0.3) is 0 Å². The Balaban J connectivity index is 2.99. The van der Waals surface area contributed by atoms with Crippen LogP contribution in [0.2, 0.25) is 0 Å². The molecule has 1 rings (SSSR count). The summed E-state index contributed by atoms with van der Waals surface area (Å²) in [5.41, 5.74) is 1.15. The van der Waals surface area contributed by atoms with Crippen molar-refractivity contribution in [2.45, 2.75) is 20.0 Å². The molecule has 1 nitrogen and oxygen atoms in total. The van der Waals surface area contributed by atoms with Crippen molar-refractivity contribution in [3.8, 4) is 0 Å². The van der Waals surface area contributed by atoms with E-state index in [2.05, 4.69) is 32.6 Å². The highest BCUT2D eigenvalue weighted by molar-refractivity contribution is 5.21. The van der Waals surface area contributed by atoms with Gasteiger partial charge >= 0.3 is 0 Å². The van der Waals surface area contributed by atoms with Crippen molar-refractivity contribution >= 4 is 0 Å². The van der Waals surface area contributed by atoms with Gasteiger partial charge in [0.05, 0.1) is 6.10 Å². The van der Waals surface area contributed by atoms with Crippen LogP contribution < -0.4 is 0 Å². The first-order chi connectivity index (χ1) is 6.61. The molecule has 0 spiro atoms. The summed E-state index contributed by atoms with van der Waals surface area (Å²) in [5.74, 6) is 0. The van der Waals surface area contributed by atoms with Crippen LogP contribution in [0, 0.1) is 5.41 Å². The van der Waals surface area contributed by atoms with Crippen LogP contribution in [0.15, 0.2) is 43.0 Å². The van der Waals surface area contributed by atoms with E-state index in [9.17, 15) is 0 Å². The van der Waals surface area contributed by atoms with Crippen LogP contribution in [-0.2, 0) is 4.74 Å². The Labute approximate surface area is 86.4 Å². The Hall–Kier alpha value is -1.08. The minimum Gasteiger partial charge on any atom is -0.376 e. The average Bonchev–Trinajstić information content (AvgIpc) is 2.20. The van der Waals surface area contributed by atoms with Crippen LogP contribution in [0.1, 0.15) is 25.5 Å². The van der Waals surface area contributed by atoms with Crippen LogP contribution in [-0.4, -0.2) is 7.11 Å². The molecule has 76 valence electrons. The van der Waals surface area contributed by atoms with E-state index < -0.39 is 0 Å². The van der Waals surface area contributed by atoms with E-state index in [0.29, 0.717) is 0 Å². The molecule has 0 heterocycles. The van der Waals surface area contributed by atoms with Crippen molar-refractivity contribution in [3.63, 3.8) is 0 Å². The molecule has 0 aliphatic rings. The molecule has 1 aromatic carbocycles. The van der Waals surface area contributed by atoms with Crippen molar-refractivity contribution in [2.75, 3.05) is 7.11 Å². The number of methoxy groups -OCH3 is 1. The maximum absolute atomic E-state index is 5.52. The van der Waals surface area contributed by atoms with E-state index in [1.165, 1.54) is 5.56 Å². The topological polar surface area (TPSA) is 9.23 Å². The largest absolute Gasteiger partial charge is 0.376 e. The van der Waals surface area contributed by atoms with Gasteiger partial charge in [-0.15, -0.1) is 6.58 Å². The first kappa shape index (κ1) is 11.0. The fourth-order valence-corrected chi connectivity index (χ4v) is 1.60. The Kier molecular flexibility index (Phi) is 3.48. The zero-order valence-electron chi connectivity index (χ0n) is 9.16. The quantitative estimate of drug-likeness (QED) is 0.659. The van der Waals surface area contributed by atoms with Crippen molar-refractivity contribution in [1.29, 1.82) is 0 Å². The summed E-state index contributed by atoms with van der Waals surface area (Å²) in [6.07, 6.45) is 2.01. The molecule has 0 aromatic heterocycles. The van der Waals surface area contributed by atoms with Gasteiger partial charge in [-0.2, -0.15) is 0 Å². The highest BCUT2D eigenvalue weighted by atomic mass is 16.5. The third kappa shape index (κ3) is 2.24. The van der Waals surface area contributed by atoms with E-state index in [1.807, 2.05) is 24.3 Å². The lowest BCUT2D eigenvalue weighted by Crippen LogP contribution is -2.21. The molecule has 0 aliphatic carbocycles. The van der Waals surface area contributed by atoms with Crippen molar-refractivity contribution in [2.24, 2.45) is 5.41 Å². The summed E-state index contributed by atoms with van der Waals surface area (Å²) in [6.45, 7) is 8.10. The number of hydrogen-bond donors (Lipinski definition) is 0. The molecule has 0 saturated carbocycles. The zero-order valence-corrected chi connectivity index (χ0v) is 9.16. The summed E-state index contributed by atoms with van der Waals surface area (Å²) in [7, 11) is 1.74. The minimum absolute atomic E-state index is 0.0455. The predicted molar refractivity (Wildman–Crippen MR) is 60.2 cm³/mol. The van der Waals surface area contributed by atoms with Gasteiger partial charge in [0.15, 0.2) is 0 Å². The molecule has 1 atom stereocenters. The van der Waals surface area contributed by atoms with Gasteiger partial charge < -0.3 is 4.74 Å². The summed E-state index contributed by atoms with van der Waals surface area (Å²) < 4.78 is 5.52. The number of rotatable bonds is 4. The van der Waals surface area contributed by atoms with Gasteiger partial charge in [-0.05, 0) is 5.56 Å². The van der Waals surface area contributed by atoms with E-state index >= 15 is 0 Å². The lowest BCUT2D eigenvalue weighted by Gasteiger charge is -2.30. The van der Waals surface area contributed by atoms with Crippen molar-refractivity contribution in [1.82, 2.24) is 0 Å². The summed E-state index contributed by atoms with van der Waals surface area (Å²) in [4.78, 5) is 0. The molecule has 0 aliphatic heterocycles. The molecule has 0 fully saturated rings. The molecule has 1 unspecified atom stereocenters. The lowest BCUT2D eigenvalue weighted by molar-refractivity contribution is 0.0303. The van der Waals surface area contributed by atoms with E-state index in [0.717, 1.165) is 0 Å². The van der Waals surface area contributed by atoms with Gasteiger partial charge in [0, 0.05) is 12.5 Å². The highest BCUT2D eigenvalue weighted by Gasteiger charge is 2.27. The zero-order chi connectivity index (χ0) is 10.6. The average molecular weight is 190 g/mol. The second kappa shape index (κ2) is 4.43. The molecule has 0 radical (unpaired) electrons. The molecule has 0 saturated heterocycles. The monoisotopic (exact) mass is 190 g/mol. The van der Waals surface area contributed by atoms with Gasteiger partial charge in [0.2, 0.25) is 0 Å². The Morgan fingerprint density at radius 3 is 2.29 bits per heavy atom. The summed E-state index contributed by atoms with van der Waals surface area (Å²) in [5, 5.41) is 0. The van der Waals surface area contributed by atoms with Crippen LogP contribution in [0.4, 0.5) is 0 Å². The SMILES string of the molecule is C=CC(C)(C)C(OC)c1ccccc1. The number of benzene rings is 1. The fraction of sp³-hybridized carbons (Fsp3) is 0.385. The third-order valence-corrected chi connectivity index (χ3v) is 2.54. The standard InChI is InChI=1S/C13H18O/c1-5-13(2,3)12(14-4)11-9-7-6-8-10-11/h5-10,12H,1H2,2-4H3. The number of hydrogen-bond acceptors (Lipinski definition) is 1. The molecule has 0 N–H and O–H groups in total. The smallest absolute Gasteiger partial charge is 0.0906 e. The normalized spacial score (nSPS) is 13.6. The maximum Gasteiger partial charge on any atom is 0.0906 e. The van der Waals surface area contributed by atoms with E-state index in [1.54, 1.807) is 7.11 Å². The molecule has 1 aromatic rings. The third-order valence-electron chi connectivity index (χ3n) is 2.54. The Morgan fingerprint density at radius 2 is 1.86 bits per heavy atom. The minimum atomic E-state index is -0.0455. The summed E-state index contributed by atoms with van der Waals surface area (Å²) in [6, 6.07) is 10.2. The first-order valence-corrected chi connectivity index (χ1v) is 4.83. The molecular weight excluding hydrogens is 172 g/mol. The van der Waals surface area contributed by atoms with Gasteiger partial charge in [0.25, 0.3) is 0 Å². The number of ether oxygens (including phenoxy) is 1. The van der Waals surface area contributed by atoms with Gasteiger partial charge in [-0.25, -0.2) is 0 Å². The van der Waals surface area contributed by atoms with Crippen molar-refractivity contribution in [3.05, 3.63) is 48.6 Å². The highest BCUT2D eigenvalue weighted by Crippen LogP contribution is 2.36. The lowest BCUT2D eigenvalue weighted by atomic mass is 9.83. The molecule has 14 heavy (non-hydrogen) atoms. The Bertz CT molecular complexity index is 287. The first-order valence-electron chi connectivity index (χ1n) is 4.83. The predicted octanol–water partition coefficient (Wildman–Crippen LogP) is 3.59. The second-order valence-electron chi connectivity index (χ2n) is 4.05. The van der Waals surface area contributed by atoms with Gasteiger partial charge in [0.1, 0.15) is 0 Å². The van der Waals surface area contributed by atoms with Crippen LogP contribution in [0.3, 0.4) is 0 Å². The van der Waals surface area contributed by atoms with Gasteiger partial charge in [-0.3, -0.25) is 0 Å². The molecule has 0 bridgehead atoms. The fourth-order valence-electron chi connectivity index (χ4n) is 1.60. The van der Waals surface area contributed by atoms with E-state index in [-0.39, 0.29) is 11.5 Å². The Morgan fingerprint density at radius 1 is 1.29 bits per heavy atom. The molecule has 1 heteroatoms. The van der Waals surface area contributed by atoms with Crippen LogP contribution >= 0.6 is 0 Å². The second-order valence-corrected chi connectivity index (χ2v) is 4.05. The van der Waals surface area contributed by atoms with Crippen molar-refractivity contribution < 1.29 is 4.74 Å². The molecular formula is C13H18O.